The van der Waals surface area contributed by atoms with Gasteiger partial charge in [-0.2, -0.15) is 5.10 Å². The second kappa shape index (κ2) is 6.92. The Morgan fingerprint density at radius 1 is 1.35 bits per heavy atom. The number of aromatic nitrogens is 3. The molecule has 26 heavy (non-hydrogen) atoms. The molecule has 1 amide bonds. The molecule has 0 radical (unpaired) electrons. The zero-order valence-corrected chi connectivity index (χ0v) is 15.8. The lowest BCUT2D eigenvalue weighted by atomic mass is 9.92. The van der Waals surface area contributed by atoms with E-state index in [1.807, 2.05) is 31.4 Å². The molecule has 3 rings (SSSR count). The van der Waals surface area contributed by atoms with E-state index in [0.717, 1.165) is 23.1 Å². The van der Waals surface area contributed by atoms with Crippen LogP contribution < -0.4 is 10.6 Å². The molecular weight excluding hydrogens is 330 g/mol. The fourth-order valence-corrected chi connectivity index (χ4v) is 2.83. The Hall–Kier alpha value is -2.67. The van der Waals surface area contributed by atoms with Crippen molar-refractivity contribution < 1.29 is 9.21 Å². The van der Waals surface area contributed by atoms with E-state index in [1.54, 1.807) is 17.9 Å². The summed E-state index contributed by atoms with van der Waals surface area (Å²) in [5.41, 5.74) is 3.05. The Morgan fingerprint density at radius 2 is 2.12 bits per heavy atom. The lowest BCUT2D eigenvalue weighted by Crippen LogP contribution is -2.30. The molecule has 1 atom stereocenters. The summed E-state index contributed by atoms with van der Waals surface area (Å²) in [6, 6.07) is 5.01. The van der Waals surface area contributed by atoms with Gasteiger partial charge in [0.05, 0.1) is 6.20 Å². The second-order valence-electron chi connectivity index (χ2n) is 7.69. The van der Waals surface area contributed by atoms with Gasteiger partial charge in [0.1, 0.15) is 11.6 Å². The second-order valence-corrected chi connectivity index (χ2v) is 7.69. The van der Waals surface area contributed by atoms with Crippen LogP contribution in [0, 0.1) is 5.41 Å². The van der Waals surface area contributed by atoms with Gasteiger partial charge in [0, 0.05) is 30.9 Å². The SMILES string of the molecule is CNC(C(=O)Nc1ccc2oc(CC(C)(C)C)nc2c1)c1cnn(C)c1. The van der Waals surface area contributed by atoms with Crippen LogP contribution in [0.2, 0.25) is 0 Å². The maximum Gasteiger partial charge on any atom is 0.246 e. The van der Waals surface area contributed by atoms with E-state index in [2.05, 4.69) is 41.5 Å². The van der Waals surface area contributed by atoms with Crippen LogP contribution in [0.15, 0.2) is 35.0 Å². The molecule has 2 heterocycles. The average Bonchev–Trinajstić information content (AvgIpc) is 3.11. The molecule has 0 spiro atoms. The van der Waals surface area contributed by atoms with E-state index >= 15 is 0 Å². The van der Waals surface area contributed by atoms with E-state index in [0.29, 0.717) is 11.6 Å². The van der Waals surface area contributed by atoms with E-state index in [-0.39, 0.29) is 11.3 Å². The van der Waals surface area contributed by atoms with Gasteiger partial charge in [-0.3, -0.25) is 9.48 Å². The number of oxazole rings is 1. The largest absolute Gasteiger partial charge is 0.441 e. The van der Waals surface area contributed by atoms with Gasteiger partial charge in [0.15, 0.2) is 11.5 Å². The van der Waals surface area contributed by atoms with Crippen molar-refractivity contribution in [3.05, 3.63) is 42.0 Å². The van der Waals surface area contributed by atoms with Crippen molar-refractivity contribution in [2.24, 2.45) is 12.5 Å². The Bertz CT molecular complexity index is 920. The number of carbonyl (C=O) groups excluding carboxylic acids is 1. The summed E-state index contributed by atoms with van der Waals surface area (Å²) in [7, 11) is 3.57. The first-order valence-corrected chi connectivity index (χ1v) is 8.61. The molecule has 7 nitrogen and oxygen atoms in total. The fourth-order valence-electron chi connectivity index (χ4n) is 2.83. The summed E-state index contributed by atoms with van der Waals surface area (Å²) >= 11 is 0. The highest BCUT2D eigenvalue weighted by Crippen LogP contribution is 2.25. The Labute approximate surface area is 152 Å². The number of rotatable bonds is 5. The minimum Gasteiger partial charge on any atom is -0.441 e. The smallest absolute Gasteiger partial charge is 0.246 e. The van der Waals surface area contributed by atoms with E-state index in [9.17, 15) is 4.79 Å². The number of fused-ring (bicyclic) bond motifs is 1. The van der Waals surface area contributed by atoms with Gasteiger partial charge in [-0.1, -0.05) is 20.8 Å². The van der Waals surface area contributed by atoms with E-state index in [1.165, 1.54) is 0 Å². The minimum atomic E-state index is -0.479. The first kappa shape index (κ1) is 18.1. The quantitative estimate of drug-likeness (QED) is 0.735. The van der Waals surface area contributed by atoms with Gasteiger partial charge >= 0.3 is 0 Å². The van der Waals surface area contributed by atoms with Crippen LogP contribution in [-0.2, 0) is 18.3 Å². The van der Waals surface area contributed by atoms with E-state index < -0.39 is 6.04 Å². The summed E-state index contributed by atoms with van der Waals surface area (Å²) in [5, 5.41) is 10.1. The zero-order valence-electron chi connectivity index (χ0n) is 15.8. The average molecular weight is 355 g/mol. The number of likely N-dealkylation sites (N-methyl/N-ethyl adjacent to an activating group) is 1. The highest BCUT2D eigenvalue weighted by molar-refractivity contribution is 5.96. The van der Waals surface area contributed by atoms with Crippen LogP contribution in [-0.4, -0.2) is 27.7 Å². The number of benzene rings is 1. The molecular formula is C19H25N5O2. The summed E-state index contributed by atoms with van der Waals surface area (Å²) in [6.07, 6.45) is 4.26. The Balaban J connectivity index is 1.78. The van der Waals surface area contributed by atoms with Gasteiger partial charge in [-0.25, -0.2) is 4.98 Å². The third kappa shape index (κ3) is 4.11. The molecule has 1 aromatic carbocycles. The van der Waals surface area contributed by atoms with Crippen LogP contribution >= 0.6 is 0 Å². The number of amides is 1. The molecule has 2 aromatic heterocycles. The number of nitrogens with zero attached hydrogens (tertiary/aromatic N) is 3. The lowest BCUT2D eigenvalue weighted by molar-refractivity contribution is -0.118. The molecule has 0 aliphatic heterocycles. The van der Waals surface area contributed by atoms with Gasteiger partial charge in [0.2, 0.25) is 5.91 Å². The monoisotopic (exact) mass is 355 g/mol. The summed E-state index contributed by atoms with van der Waals surface area (Å²) < 4.78 is 7.47. The van der Waals surface area contributed by atoms with Crippen LogP contribution in [0.1, 0.15) is 38.3 Å². The van der Waals surface area contributed by atoms with Gasteiger partial charge in [0.25, 0.3) is 0 Å². The normalized spacial score (nSPS) is 13.1. The summed E-state index contributed by atoms with van der Waals surface area (Å²) in [5.74, 6) is 0.553. The number of anilines is 1. The molecule has 0 aliphatic carbocycles. The van der Waals surface area contributed by atoms with Crippen molar-refractivity contribution in [3.63, 3.8) is 0 Å². The van der Waals surface area contributed by atoms with Crippen molar-refractivity contribution in [1.82, 2.24) is 20.1 Å². The fraction of sp³-hybridized carbons (Fsp3) is 0.421. The molecule has 2 N–H and O–H groups in total. The molecule has 7 heteroatoms. The summed E-state index contributed by atoms with van der Waals surface area (Å²) in [4.78, 5) is 17.2. The maximum absolute atomic E-state index is 12.6. The predicted molar refractivity (Wildman–Crippen MR) is 101 cm³/mol. The molecule has 0 fully saturated rings. The van der Waals surface area contributed by atoms with Gasteiger partial charge in [-0.05, 0) is 30.7 Å². The molecule has 0 saturated carbocycles. The first-order chi connectivity index (χ1) is 12.2. The van der Waals surface area contributed by atoms with Crippen molar-refractivity contribution in [3.8, 4) is 0 Å². The van der Waals surface area contributed by atoms with Gasteiger partial charge < -0.3 is 15.1 Å². The number of aryl methyl sites for hydroxylation is 1. The predicted octanol–water partition coefficient (Wildman–Crippen LogP) is 3.05. The van der Waals surface area contributed by atoms with Crippen LogP contribution in [0.4, 0.5) is 5.69 Å². The molecule has 138 valence electrons. The molecule has 0 bridgehead atoms. The number of nitrogens with one attached hydrogen (secondary N) is 2. The van der Waals surface area contributed by atoms with E-state index in [4.69, 9.17) is 4.42 Å². The van der Waals surface area contributed by atoms with Gasteiger partial charge in [-0.15, -0.1) is 0 Å². The molecule has 0 saturated heterocycles. The number of hydrogen-bond donors (Lipinski definition) is 2. The standard InChI is InChI=1S/C19H25N5O2/c1-19(2,3)9-16-23-14-8-13(6-7-15(14)26-16)22-18(25)17(20-4)12-10-21-24(5)11-12/h6-8,10-11,17,20H,9H2,1-5H3,(H,22,25). The van der Waals surface area contributed by atoms with Crippen molar-refractivity contribution >= 4 is 22.7 Å². The molecule has 0 aliphatic rings. The van der Waals surface area contributed by atoms with Crippen molar-refractivity contribution in [2.75, 3.05) is 12.4 Å². The first-order valence-electron chi connectivity index (χ1n) is 8.61. The zero-order chi connectivity index (χ0) is 18.9. The van der Waals surface area contributed by atoms with Crippen molar-refractivity contribution in [1.29, 1.82) is 0 Å². The number of hydrogen-bond acceptors (Lipinski definition) is 5. The van der Waals surface area contributed by atoms with Crippen LogP contribution in [0.25, 0.3) is 11.1 Å². The van der Waals surface area contributed by atoms with Crippen LogP contribution in [0.3, 0.4) is 0 Å². The molecule has 3 aromatic rings. The minimum absolute atomic E-state index is 0.0989. The maximum atomic E-state index is 12.6. The topological polar surface area (TPSA) is 85.0 Å². The Kier molecular flexibility index (Phi) is 4.82. The van der Waals surface area contributed by atoms with Crippen molar-refractivity contribution in [2.45, 2.75) is 33.2 Å². The Morgan fingerprint density at radius 3 is 2.73 bits per heavy atom. The lowest BCUT2D eigenvalue weighted by Gasteiger charge is -2.14. The third-order valence-corrected chi connectivity index (χ3v) is 3.99. The molecule has 1 unspecified atom stereocenters. The van der Waals surface area contributed by atoms with Crippen LogP contribution in [0.5, 0.6) is 0 Å². The highest BCUT2D eigenvalue weighted by Gasteiger charge is 2.21. The highest BCUT2D eigenvalue weighted by atomic mass is 16.3. The third-order valence-electron chi connectivity index (χ3n) is 3.99. The summed E-state index contributed by atoms with van der Waals surface area (Å²) in [6.45, 7) is 6.43. The number of carbonyl (C=O) groups is 1.